The van der Waals surface area contributed by atoms with Crippen molar-refractivity contribution in [3.63, 3.8) is 0 Å². The summed E-state index contributed by atoms with van der Waals surface area (Å²) in [5.74, 6) is -0.0765. The lowest BCUT2D eigenvalue weighted by atomic mass is 9.90. The van der Waals surface area contributed by atoms with E-state index in [9.17, 15) is 9.59 Å². The van der Waals surface area contributed by atoms with E-state index >= 15 is 0 Å². The maximum Gasteiger partial charge on any atom is 0.245 e. The Bertz CT molecular complexity index is 567. The van der Waals surface area contributed by atoms with Crippen molar-refractivity contribution >= 4 is 23.2 Å². The molecule has 1 aromatic heterocycles. The predicted octanol–water partition coefficient (Wildman–Crippen LogP) is 2.70. The fraction of sp³-hybridized carbons (Fsp3) is 0.667. The molecular formula is C18H26N2O3S. The second-order valence-electron chi connectivity index (χ2n) is 6.64. The third-order valence-corrected chi connectivity index (χ3v) is 5.80. The Morgan fingerprint density at radius 3 is 2.83 bits per heavy atom. The van der Waals surface area contributed by atoms with Gasteiger partial charge in [-0.15, -0.1) is 11.3 Å². The van der Waals surface area contributed by atoms with Crippen molar-refractivity contribution in [1.29, 1.82) is 0 Å². The summed E-state index contributed by atoms with van der Waals surface area (Å²) < 4.78 is 6.10. The van der Waals surface area contributed by atoms with Gasteiger partial charge in [-0.2, -0.15) is 0 Å². The SMILES string of the molecule is CCCNC(=O)C1COC2(CCCCC2)N1C(=O)Cc1cccs1. The number of carbonyl (C=O) groups excluding carboxylic acids is 2. The standard InChI is InChI=1S/C18H26N2O3S/c1-2-10-19-17(22)15-13-23-18(8-4-3-5-9-18)20(15)16(21)12-14-7-6-11-24-14/h6-7,11,15H,2-5,8-10,12-13H2,1H3,(H,19,22). The van der Waals surface area contributed by atoms with Crippen LogP contribution >= 0.6 is 11.3 Å². The Hall–Kier alpha value is -1.40. The zero-order valence-electron chi connectivity index (χ0n) is 14.3. The van der Waals surface area contributed by atoms with Gasteiger partial charge in [0, 0.05) is 11.4 Å². The summed E-state index contributed by atoms with van der Waals surface area (Å²) in [6.07, 6.45) is 6.17. The highest BCUT2D eigenvalue weighted by Gasteiger charge is 2.52. The van der Waals surface area contributed by atoms with Gasteiger partial charge < -0.3 is 10.1 Å². The molecule has 5 nitrogen and oxygen atoms in total. The smallest absolute Gasteiger partial charge is 0.245 e. The van der Waals surface area contributed by atoms with Gasteiger partial charge >= 0.3 is 0 Å². The molecule has 3 rings (SSSR count). The molecule has 1 N–H and O–H groups in total. The number of amides is 2. The summed E-state index contributed by atoms with van der Waals surface area (Å²) in [4.78, 5) is 28.4. The number of hydrogen-bond donors (Lipinski definition) is 1. The molecule has 1 aliphatic heterocycles. The molecule has 2 amide bonds. The first-order valence-electron chi connectivity index (χ1n) is 8.92. The molecule has 1 saturated carbocycles. The van der Waals surface area contributed by atoms with E-state index in [1.807, 2.05) is 24.4 Å². The van der Waals surface area contributed by atoms with E-state index in [0.29, 0.717) is 19.6 Å². The summed E-state index contributed by atoms with van der Waals surface area (Å²) in [6, 6.07) is 3.43. The number of rotatable bonds is 5. The number of nitrogens with one attached hydrogen (secondary N) is 1. The Balaban J connectivity index is 1.80. The normalized spacial score (nSPS) is 22.7. The van der Waals surface area contributed by atoms with E-state index < -0.39 is 11.8 Å². The molecule has 1 aliphatic carbocycles. The molecule has 24 heavy (non-hydrogen) atoms. The lowest BCUT2D eigenvalue weighted by Gasteiger charge is -2.41. The first-order valence-corrected chi connectivity index (χ1v) is 9.80. The van der Waals surface area contributed by atoms with Crippen LogP contribution in [0.4, 0.5) is 0 Å². The first kappa shape index (κ1) is 17.4. The maximum absolute atomic E-state index is 13.0. The van der Waals surface area contributed by atoms with Crippen molar-refractivity contribution in [3.8, 4) is 0 Å². The highest BCUT2D eigenvalue weighted by Crippen LogP contribution is 2.41. The van der Waals surface area contributed by atoms with Crippen LogP contribution in [0.2, 0.25) is 0 Å². The molecule has 1 spiro atoms. The Morgan fingerprint density at radius 2 is 2.17 bits per heavy atom. The van der Waals surface area contributed by atoms with Crippen molar-refractivity contribution in [2.24, 2.45) is 0 Å². The summed E-state index contributed by atoms with van der Waals surface area (Å²) in [5.41, 5.74) is -0.569. The molecular weight excluding hydrogens is 324 g/mol. The van der Waals surface area contributed by atoms with E-state index in [4.69, 9.17) is 4.74 Å². The van der Waals surface area contributed by atoms with E-state index in [0.717, 1.165) is 37.0 Å². The van der Waals surface area contributed by atoms with E-state index in [1.165, 1.54) is 6.42 Å². The zero-order chi connectivity index (χ0) is 17.0. The van der Waals surface area contributed by atoms with Crippen LogP contribution in [0.5, 0.6) is 0 Å². The highest BCUT2D eigenvalue weighted by molar-refractivity contribution is 7.10. The third-order valence-electron chi connectivity index (χ3n) is 4.92. The van der Waals surface area contributed by atoms with Crippen LogP contribution in [-0.4, -0.2) is 41.6 Å². The predicted molar refractivity (Wildman–Crippen MR) is 93.7 cm³/mol. The fourth-order valence-electron chi connectivity index (χ4n) is 3.76. The van der Waals surface area contributed by atoms with E-state index in [1.54, 1.807) is 16.2 Å². The summed E-state index contributed by atoms with van der Waals surface area (Å²) in [6.45, 7) is 2.97. The fourth-order valence-corrected chi connectivity index (χ4v) is 4.45. The van der Waals surface area contributed by atoms with Gasteiger partial charge in [-0.05, 0) is 43.6 Å². The van der Waals surface area contributed by atoms with E-state index in [-0.39, 0.29) is 11.8 Å². The van der Waals surface area contributed by atoms with Crippen LogP contribution in [0.3, 0.4) is 0 Å². The van der Waals surface area contributed by atoms with Gasteiger partial charge in [0.25, 0.3) is 0 Å². The molecule has 0 radical (unpaired) electrons. The number of hydrogen-bond acceptors (Lipinski definition) is 4. The van der Waals surface area contributed by atoms with Crippen molar-refractivity contribution in [2.75, 3.05) is 13.2 Å². The van der Waals surface area contributed by atoms with Gasteiger partial charge in [-0.25, -0.2) is 0 Å². The summed E-state index contributed by atoms with van der Waals surface area (Å²) in [5, 5.41) is 4.91. The van der Waals surface area contributed by atoms with Gasteiger partial charge in [0.15, 0.2) is 0 Å². The van der Waals surface area contributed by atoms with Gasteiger partial charge in [0.1, 0.15) is 11.8 Å². The topological polar surface area (TPSA) is 58.6 Å². The second kappa shape index (κ2) is 7.66. The van der Waals surface area contributed by atoms with Crippen LogP contribution < -0.4 is 5.32 Å². The lowest BCUT2D eigenvalue weighted by Crippen LogP contribution is -2.56. The van der Waals surface area contributed by atoms with Crippen molar-refractivity contribution in [2.45, 2.75) is 63.6 Å². The van der Waals surface area contributed by atoms with Crippen LogP contribution in [0.1, 0.15) is 50.3 Å². The van der Waals surface area contributed by atoms with Gasteiger partial charge in [0.05, 0.1) is 13.0 Å². The number of thiophene rings is 1. The van der Waals surface area contributed by atoms with E-state index in [2.05, 4.69) is 5.32 Å². The van der Waals surface area contributed by atoms with Gasteiger partial charge in [0.2, 0.25) is 11.8 Å². The average Bonchev–Trinajstić information content (AvgIpc) is 3.21. The zero-order valence-corrected chi connectivity index (χ0v) is 15.1. The van der Waals surface area contributed by atoms with Crippen molar-refractivity contribution in [3.05, 3.63) is 22.4 Å². The minimum atomic E-state index is -0.569. The van der Waals surface area contributed by atoms with Gasteiger partial charge in [-0.1, -0.05) is 19.4 Å². The molecule has 6 heteroatoms. The second-order valence-corrected chi connectivity index (χ2v) is 7.68. The molecule has 2 fully saturated rings. The molecule has 1 saturated heterocycles. The van der Waals surface area contributed by atoms with Gasteiger partial charge in [-0.3, -0.25) is 14.5 Å². The highest BCUT2D eigenvalue weighted by atomic mass is 32.1. The first-order chi connectivity index (χ1) is 11.7. The summed E-state index contributed by atoms with van der Waals surface area (Å²) >= 11 is 1.58. The van der Waals surface area contributed by atoms with Crippen LogP contribution in [0.25, 0.3) is 0 Å². The number of carbonyl (C=O) groups is 2. The quantitative estimate of drug-likeness (QED) is 0.888. The molecule has 0 aromatic carbocycles. The number of nitrogens with zero attached hydrogens (tertiary/aromatic N) is 1. The lowest BCUT2D eigenvalue weighted by molar-refractivity contribution is -0.159. The minimum absolute atomic E-state index is 0.00787. The molecule has 1 atom stereocenters. The molecule has 0 bridgehead atoms. The van der Waals surface area contributed by atoms with Crippen LogP contribution in [-0.2, 0) is 20.7 Å². The summed E-state index contributed by atoms with van der Waals surface area (Å²) in [7, 11) is 0. The Kier molecular flexibility index (Phi) is 5.56. The third kappa shape index (κ3) is 3.49. The van der Waals surface area contributed by atoms with Crippen molar-refractivity contribution in [1.82, 2.24) is 10.2 Å². The molecule has 2 heterocycles. The van der Waals surface area contributed by atoms with Crippen LogP contribution in [0, 0.1) is 0 Å². The van der Waals surface area contributed by atoms with Crippen molar-refractivity contribution < 1.29 is 14.3 Å². The maximum atomic E-state index is 13.0. The minimum Gasteiger partial charge on any atom is -0.354 e. The molecule has 2 aliphatic rings. The largest absolute Gasteiger partial charge is 0.354 e. The molecule has 132 valence electrons. The molecule has 1 aromatic rings. The monoisotopic (exact) mass is 350 g/mol. The Labute approximate surface area is 147 Å². The number of ether oxygens (including phenoxy) is 1. The van der Waals surface area contributed by atoms with Crippen LogP contribution in [0.15, 0.2) is 17.5 Å². The molecule has 1 unspecified atom stereocenters. The Morgan fingerprint density at radius 1 is 1.38 bits per heavy atom. The average molecular weight is 350 g/mol.